The average Bonchev–Trinajstić information content (AvgIpc) is 2.25. The topological polar surface area (TPSA) is 38.8 Å². The second-order valence-corrected chi connectivity index (χ2v) is 3.63. The molecule has 0 amide bonds. The lowest BCUT2D eigenvalue weighted by molar-refractivity contribution is -0.149. The van der Waals surface area contributed by atoms with Crippen molar-refractivity contribution in [3.05, 3.63) is 0 Å². The maximum absolute atomic E-state index is 11.1. The van der Waals surface area contributed by atoms with Crippen LogP contribution in [0.3, 0.4) is 0 Å². The minimum atomic E-state index is -0.123. The zero-order chi connectivity index (χ0) is 11.7. The maximum Gasteiger partial charge on any atom is 0.305 e. The summed E-state index contributed by atoms with van der Waals surface area (Å²) in [5.74, 6) is -0.123. The normalized spacial score (nSPS) is 12.9. The third kappa shape index (κ3) is 7.33. The van der Waals surface area contributed by atoms with Crippen LogP contribution in [-0.2, 0) is 14.3 Å². The number of hydrogen-bond donors (Lipinski definition) is 0. The molecule has 0 aliphatic heterocycles. The molecule has 4 nitrogen and oxygen atoms in total. The number of likely N-dealkylation sites (N-methyl/N-ethyl adjacent to an activating group) is 1. The molecule has 0 aromatic rings. The van der Waals surface area contributed by atoms with E-state index in [2.05, 4.69) is 4.90 Å². The van der Waals surface area contributed by atoms with Crippen molar-refractivity contribution in [2.45, 2.75) is 32.8 Å². The van der Waals surface area contributed by atoms with Gasteiger partial charge in [-0.15, -0.1) is 0 Å². The van der Waals surface area contributed by atoms with Crippen LogP contribution in [0.1, 0.15) is 26.7 Å². The highest BCUT2D eigenvalue weighted by molar-refractivity contribution is 5.69. The van der Waals surface area contributed by atoms with Crippen LogP contribution >= 0.6 is 0 Å². The number of esters is 1. The zero-order valence-corrected chi connectivity index (χ0v) is 10.3. The summed E-state index contributed by atoms with van der Waals surface area (Å²) in [5.41, 5.74) is 0. The van der Waals surface area contributed by atoms with Crippen molar-refractivity contribution in [3.8, 4) is 0 Å². The van der Waals surface area contributed by atoms with E-state index in [1.54, 1.807) is 7.11 Å². The lowest BCUT2D eigenvalue weighted by Gasteiger charge is -2.22. The van der Waals surface area contributed by atoms with E-state index in [4.69, 9.17) is 9.47 Å². The summed E-state index contributed by atoms with van der Waals surface area (Å²) in [6.07, 6.45) is 1.29. The number of nitrogens with zero attached hydrogens (tertiary/aromatic N) is 1. The molecular formula is C11H23NO3. The minimum absolute atomic E-state index is 0.000642. The summed E-state index contributed by atoms with van der Waals surface area (Å²) in [4.78, 5) is 13.2. The van der Waals surface area contributed by atoms with E-state index in [1.165, 1.54) is 0 Å². The van der Waals surface area contributed by atoms with Crippen LogP contribution in [0.4, 0.5) is 0 Å². The number of rotatable bonds is 8. The number of ether oxygens (including phenoxy) is 2. The van der Waals surface area contributed by atoms with Crippen molar-refractivity contribution in [2.24, 2.45) is 0 Å². The summed E-state index contributed by atoms with van der Waals surface area (Å²) in [6.45, 7) is 6.17. The van der Waals surface area contributed by atoms with Crippen LogP contribution in [0, 0.1) is 0 Å². The standard InChI is InChI=1S/C11H23NO3/c1-5-10(15-11(13)6-2)9-12(3)7-8-14-4/h10H,5-9H2,1-4H3. The Kier molecular flexibility index (Phi) is 8.33. The fourth-order valence-electron chi connectivity index (χ4n) is 1.20. The van der Waals surface area contributed by atoms with Crippen molar-refractivity contribution in [1.29, 1.82) is 0 Å². The predicted molar refractivity (Wildman–Crippen MR) is 59.8 cm³/mol. The lowest BCUT2D eigenvalue weighted by Crippen LogP contribution is -2.34. The number of carbonyl (C=O) groups excluding carboxylic acids is 1. The molecule has 0 heterocycles. The van der Waals surface area contributed by atoms with E-state index in [9.17, 15) is 4.79 Å². The van der Waals surface area contributed by atoms with Crippen LogP contribution in [0.5, 0.6) is 0 Å². The first-order valence-corrected chi connectivity index (χ1v) is 5.50. The molecule has 0 aliphatic rings. The quantitative estimate of drug-likeness (QED) is 0.574. The van der Waals surface area contributed by atoms with E-state index in [0.717, 1.165) is 19.5 Å². The lowest BCUT2D eigenvalue weighted by atomic mass is 10.2. The van der Waals surface area contributed by atoms with E-state index < -0.39 is 0 Å². The van der Waals surface area contributed by atoms with Gasteiger partial charge in [-0.25, -0.2) is 0 Å². The molecule has 15 heavy (non-hydrogen) atoms. The third-order valence-corrected chi connectivity index (χ3v) is 2.23. The van der Waals surface area contributed by atoms with Crippen LogP contribution in [0.2, 0.25) is 0 Å². The van der Waals surface area contributed by atoms with Gasteiger partial charge in [0.2, 0.25) is 0 Å². The molecule has 0 saturated heterocycles. The van der Waals surface area contributed by atoms with E-state index in [-0.39, 0.29) is 12.1 Å². The smallest absolute Gasteiger partial charge is 0.305 e. The van der Waals surface area contributed by atoms with Gasteiger partial charge in [0.05, 0.1) is 6.61 Å². The fourth-order valence-corrected chi connectivity index (χ4v) is 1.20. The SMILES string of the molecule is CCC(=O)OC(CC)CN(C)CCOC. The molecule has 0 radical (unpaired) electrons. The van der Waals surface area contributed by atoms with Gasteiger partial charge >= 0.3 is 5.97 Å². The Bertz CT molecular complexity index is 173. The van der Waals surface area contributed by atoms with E-state index in [1.807, 2.05) is 20.9 Å². The second-order valence-electron chi connectivity index (χ2n) is 3.63. The van der Waals surface area contributed by atoms with Crippen LogP contribution in [-0.4, -0.2) is 50.8 Å². The minimum Gasteiger partial charge on any atom is -0.461 e. The Morgan fingerprint density at radius 1 is 1.40 bits per heavy atom. The maximum atomic E-state index is 11.1. The van der Waals surface area contributed by atoms with E-state index in [0.29, 0.717) is 13.0 Å². The molecule has 90 valence electrons. The first kappa shape index (κ1) is 14.4. The van der Waals surface area contributed by atoms with Gasteiger partial charge in [0, 0.05) is 26.6 Å². The van der Waals surface area contributed by atoms with Crippen molar-refractivity contribution in [2.75, 3.05) is 33.9 Å². The molecule has 1 atom stereocenters. The largest absolute Gasteiger partial charge is 0.461 e. The molecular weight excluding hydrogens is 194 g/mol. The highest BCUT2D eigenvalue weighted by atomic mass is 16.5. The van der Waals surface area contributed by atoms with Crippen molar-refractivity contribution in [1.82, 2.24) is 4.90 Å². The molecule has 0 aromatic carbocycles. The molecule has 0 rings (SSSR count). The van der Waals surface area contributed by atoms with Crippen molar-refractivity contribution in [3.63, 3.8) is 0 Å². The van der Waals surface area contributed by atoms with Crippen molar-refractivity contribution >= 4 is 5.97 Å². The van der Waals surface area contributed by atoms with Crippen molar-refractivity contribution < 1.29 is 14.3 Å². The molecule has 0 bridgehead atoms. The Morgan fingerprint density at radius 3 is 2.53 bits per heavy atom. The molecule has 0 aromatic heterocycles. The first-order chi connectivity index (χ1) is 7.13. The monoisotopic (exact) mass is 217 g/mol. The summed E-state index contributed by atoms with van der Waals surface area (Å²) in [5, 5.41) is 0. The Hall–Kier alpha value is -0.610. The highest BCUT2D eigenvalue weighted by Gasteiger charge is 2.13. The first-order valence-electron chi connectivity index (χ1n) is 5.50. The Morgan fingerprint density at radius 2 is 2.07 bits per heavy atom. The van der Waals surface area contributed by atoms with Gasteiger partial charge < -0.3 is 14.4 Å². The van der Waals surface area contributed by atoms with Gasteiger partial charge in [-0.3, -0.25) is 4.79 Å². The van der Waals surface area contributed by atoms with Gasteiger partial charge in [-0.2, -0.15) is 0 Å². The fraction of sp³-hybridized carbons (Fsp3) is 0.909. The molecule has 0 fully saturated rings. The van der Waals surface area contributed by atoms with Gasteiger partial charge in [-0.05, 0) is 13.5 Å². The average molecular weight is 217 g/mol. The van der Waals surface area contributed by atoms with Gasteiger partial charge in [0.25, 0.3) is 0 Å². The van der Waals surface area contributed by atoms with Crippen LogP contribution < -0.4 is 0 Å². The molecule has 0 saturated carbocycles. The zero-order valence-electron chi connectivity index (χ0n) is 10.3. The van der Waals surface area contributed by atoms with Gasteiger partial charge in [0.15, 0.2) is 0 Å². The van der Waals surface area contributed by atoms with Gasteiger partial charge in [-0.1, -0.05) is 13.8 Å². The molecule has 1 unspecified atom stereocenters. The molecule has 0 aliphatic carbocycles. The predicted octanol–water partition coefficient (Wildman–Crippen LogP) is 1.30. The van der Waals surface area contributed by atoms with Crippen LogP contribution in [0.15, 0.2) is 0 Å². The molecule has 0 N–H and O–H groups in total. The van der Waals surface area contributed by atoms with Gasteiger partial charge in [0.1, 0.15) is 6.10 Å². The summed E-state index contributed by atoms with van der Waals surface area (Å²) < 4.78 is 10.3. The summed E-state index contributed by atoms with van der Waals surface area (Å²) >= 11 is 0. The number of carbonyl (C=O) groups is 1. The third-order valence-electron chi connectivity index (χ3n) is 2.23. The van der Waals surface area contributed by atoms with E-state index >= 15 is 0 Å². The van der Waals surface area contributed by atoms with Crippen LogP contribution in [0.25, 0.3) is 0 Å². The molecule has 0 spiro atoms. The number of methoxy groups -OCH3 is 1. The Labute approximate surface area is 92.5 Å². The second kappa shape index (κ2) is 8.68. The summed E-state index contributed by atoms with van der Waals surface area (Å²) in [6, 6.07) is 0. The highest BCUT2D eigenvalue weighted by Crippen LogP contribution is 2.02. The number of hydrogen-bond acceptors (Lipinski definition) is 4. The molecule has 4 heteroatoms. The Balaban J connectivity index is 3.81. The summed E-state index contributed by atoms with van der Waals surface area (Å²) in [7, 11) is 3.68.